The standard InChI is InChI=1S/C17H23NO2S/c1-12-5-7-14(8-6-12)21-10-9-18-11-13-3-2-4-15(13)16(18)17(19)20/h5-8,13,15-16H,2-4,9-11H2,1H3,(H,19,20). The molecule has 114 valence electrons. The van der Waals surface area contributed by atoms with Crippen LogP contribution in [0, 0.1) is 18.8 Å². The molecule has 1 saturated heterocycles. The molecule has 1 N–H and O–H groups in total. The molecule has 2 aliphatic rings. The average molecular weight is 305 g/mol. The second kappa shape index (κ2) is 6.41. The van der Waals surface area contributed by atoms with Gasteiger partial charge in [0.05, 0.1) is 0 Å². The zero-order valence-electron chi connectivity index (χ0n) is 12.5. The lowest BCUT2D eigenvalue weighted by Crippen LogP contribution is -2.40. The molecule has 0 radical (unpaired) electrons. The summed E-state index contributed by atoms with van der Waals surface area (Å²) >= 11 is 1.82. The van der Waals surface area contributed by atoms with Gasteiger partial charge in [0.15, 0.2) is 0 Å². The minimum absolute atomic E-state index is 0.240. The van der Waals surface area contributed by atoms with E-state index in [2.05, 4.69) is 36.1 Å². The minimum Gasteiger partial charge on any atom is -0.480 e. The Morgan fingerprint density at radius 1 is 1.33 bits per heavy atom. The van der Waals surface area contributed by atoms with E-state index in [0.29, 0.717) is 11.8 Å². The van der Waals surface area contributed by atoms with Crippen molar-refractivity contribution in [2.45, 2.75) is 37.1 Å². The number of hydrogen-bond acceptors (Lipinski definition) is 3. The molecule has 21 heavy (non-hydrogen) atoms. The Morgan fingerprint density at radius 3 is 2.81 bits per heavy atom. The van der Waals surface area contributed by atoms with Crippen molar-refractivity contribution in [2.75, 3.05) is 18.8 Å². The lowest BCUT2D eigenvalue weighted by molar-refractivity contribution is -0.143. The van der Waals surface area contributed by atoms with Crippen LogP contribution in [0.25, 0.3) is 0 Å². The summed E-state index contributed by atoms with van der Waals surface area (Å²) in [4.78, 5) is 15.1. The summed E-state index contributed by atoms with van der Waals surface area (Å²) in [5.41, 5.74) is 1.28. The second-order valence-corrected chi connectivity index (χ2v) is 7.46. The number of carboxylic acid groups (broad SMARTS) is 1. The Hall–Kier alpha value is -1.00. The Labute approximate surface area is 130 Å². The number of aliphatic carboxylic acids is 1. The molecule has 0 bridgehead atoms. The Morgan fingerprint density at radius 2 is 2.10 bits per heavy atom. The number of thioether (sulfide) groups is 1. The van der Waals surface area contributed by atoms with Gasteiger partial charge in [0, 0.05) is 23.7 Å². The van der Waals surface area contributed by atoms with Gasteiger partial charge < -0.3 is 5.11 Å². The first kappa shape index (κ1) is 14.9. The maximum absolute atomic E-state index is 11.6. The summed E-state index contributed by atoms with van der Waals surface area (Å²) in [6.45, 7) is 3.95. The van der Waals surface area contributed by atoms with Crippen LogP contribution in [0.1, 0.15) is 24.8 Å². The normalized spacial score (nSPS) is 28.7. The van der Waals surface area contributed by atoms with E-state index in [-0.39, 0.29) is 6.04 Å². The van der Waals surface area contributed by atoms with Gasteiger partial charge in [0.2, 0.25) is 0 Å². The molecule has 0 amide bonds. The number of carboxylic acids is 1. The Bertz CT molecular complexity index is 502. The minimum atomic E-state index is -0.621. The molecule has 1 aliphatic heterocycles. The van der Waals surface area contributed by atoms with Crippen LogP contribution in [0.3, 0.4) is 0 Å². The number of likely N-dealkylation sites (tertiary alicyclic amines) is 1. The summed E-state index contributed by atoms with van der Waals surface area (Å²) in [6, 6.07) is 8.31. The molecule has 1 aromatic carbocycles. The fourth-order valence-electron chi connectivity index (χ4n) is 3.88. The fourth-order valence-corrected chi connectivity index (χ4v) is 4.77. The van der Waals surface area contributed by atoms with Gasteiger partial charge in [0.1, 0.15) is 6.04 Å². The van der Waals surface area contributed by atoms with Crippen molar-refractivity contribution in [1.29, 1.82) is 0 Å². The Balaban J connectivity index is 1.54. The lowest BCUT2D eigenvalue weighted by atomic mass is 9.94. The van der Waals surface area contributed by atoms with Crippen molar-refractivity contribution in [3.05, 3.63) is 29.8 Å². The SMILES string of the molecule is Cc1ccc(SCCN2CC3CCCC3C2C(=O)O)cc1. The van der Waals surface area contributed by atoms with Crippen LogP contribution in [0.5, 0.6) is 0 Å². The Kier molecular flexibility index (Phi) is 4.55. The number of aryl methyl sites for hydroxylation is 1. The summed E-state index contributed by atoms with van der Waals surface area (Å²) in [5, 5.41) is 9.53. The highest BCUT2D eigenvalue weighted by molar-refractivity contribution is 7.99. The van der Waals surface area contributed by atoms with Crippen molar-refractivity contribution in [2.24, 2.45) is 11.8 Å². The zero-order chi connectivity index (χ0) is 14.8. The second-order valence-electron chi connectivity index (χ2n) is 6.29. The number of rotatable bonds is 5. The molecule has 1 aliphatic carbocycles. The average Bonchev–Trinajstić information content (AvgIpc) is 3.00. The highest BCUT2D eigenvalue weighted by Crippen LogP contribution is 2.42. The molecule has 0 aromatic heterocycles. The van der Waals surface area contributed by atoms with Crippen molar-refractivity contribution >= 4 is 17.7 Å². The number of hydrogen-bond donors (Lipinski definition) is 1. The van der Waals surface area contributed by atoms with Crippen LogP contribution < -0.4 is 0 Å². The van der Waals surface area contributed by atoms with E-state index >= 15 is 0 Å². The lowest BCUT2D eigenvalue weighted by Gasteiger charge is -2.23. The molecular formula is C17H23NO2S. The largest absolute Gasteiger partial charge is 0.480 e. The van der Waals surface area contributed by atoms with Crippen LogP contribution in [-0.4, -0.2) is 40.9 Å². The maximum Gasteiger partial charge on any atom is 0.321 e. The number of fused-ring (bicyclic) bond motifs is 1. The van der Waals surface area contributed by atoms with Gasteiger partial charge in [-0.3, -0.25) is 9.69 Å². The van der Waals surface area contributed by atoms with Gasteiger partial charge in [0.25, 0.3) is 0 Å². The summed E-state index contributed by atoms with van der Waals surface area (Å²) < 4.78 is 0. The molecule has 3 rings (SSSR count). The summed E-state index contributed by atoms with van der Waals surface area (Å²) in [5.74, 6) is 1.36. The molecular weight excluding hydrogens is 282 g/mol. The molecule has 1 saturated carbocycles. The van der Waals surface area contributed by atoms with Gasteiger partial charge >= 0.3 is 5.97 Å². The predicted molar refractivity (Wildman–Crippen MR) is 85.7 cm³/mol. The van der Waals surface area contributed by atoms with Crippen LogP contribution in [0.2, 0.25) is 0 Å². The van der Waals surface area contributed by atoms with E-state index in [0.717, 1.165) is 25.3 Å². The fraction of sp³-hybridized carbons (Fsp3) is 0.588. The van der Waals surface area contributed by atoms with E-state index in [9.17, 15) is 9.90 Å². The number of carbonyl (C=O) groups is 1. The quantitative estimate of drug-likeness (QED) is 0.848. The maximum atomic E-state index is 11.6. The third-order valence-corrected chi connectivity index (χ3v) is 5.90. The highest BCUT2D eigenvalue weighted by atomic mass is 32.2. The van der Waals surface area contributed by atoms with Crippen molar-refractivity contribution < 1.29 is 9.90 Å². The van der Waals surface area contributed by atoms with Crippen LogP contribution in [0.15, 0.2) is 29.2 Å². The highest BCUT2D eigenvalue weighted by Gasteiger charge is 2.47. The molecule has 4 heteroatoms. The third-order valence-electron chi connectivity index (χ3n) is 4.91. The molecule has 1 heterocycles. The van der Waals surface area contributed by atoms with Crippen molar-refractivity contribution in [3.8, 4) is 0 Å². The van der Waals surface area contributed by atoms with Gasteiger partial charge in [-0.15, -0.1) is 11.8 Å². The summed E-state index contributed by atoms with van der Waals surface area (Å²) in [7, 11) is 0. The predicted octanol–water partition coefficient (Wildman–Crippen LogP) is 3.27. The monoisotopic (exact) mass is 305 g/mol. The molecule has 0 spiro atoms. The summed E-state index contributed by atoms with van der Waals surface area (Å²) in [6.07, 6.45) is 3.53. The van der Waals surface area contributed by atoms with E-state index < -0.39 is 5.97 Å². The molecule has 1 aromatic rings. The van der Waals surface area contributed by atoms with Crippen LogP contribution >= 0.6 is 11.8 Å². The first-order chi connectivity index (χ1) is 10.1. The van der Waals surface area contributed by atoms with Gasteiger partial charge in [-0.05, 0) is 43.7 Å². The number of nitrogens with zero attached hydrogens (tertiary/aromatic N) is 1. The first-order valence-corrected chi connectivity index (χ1v) is 8.80. The van der Waals surface area contributed by atoms with Crippen molar-refractivity contribution in [3.63, 3.8) is 0 Å². The van der Waals surface area contributed by atoms with Crippen LogP contribution in [0.4, 0.5) is 0 Å². The van der Waals surface area contributed by atoms with Gasteiger partial charge in [-0.2, -0.15) is 0 Å². The molecule has 2 fully saturated rings. The smallest absolute Gasteiger partial charge is 0.321 e. The van der Waals surface area contributed by atoms with E-state index in [1.54, 1.807) is 0 Å². The van der Waals surface area contributed by atoms with E-state index in [1.165, 1.54) is 23.3 Å². The third kappa shape index (κ3) is 3.27. The van der Waals surface area contributed by atoms with Crippen LogP contribution in [-0.2, 0) is 4.79 Å². The molecule has 3 nitrogen and oxygen atoms in total. The van der Waals surface area contributed by atoms with E-state index in [4.69, 9.17) is 0 Å². The molecule has 3 atom stereocenters. The van der Waals surface area contributed by atoms with E-state index in [1.807, 2.05) is 11.8 Å². The van der Waals surface area contributed by atoms with Crippen molar-refractivity contribution in [1.82, 2.24) is 4.90 Å². The zero-order valence-corrected chi connectivity index (χ0v) is 13.3. The van der Waals surface area contributed by atoms with Gasteiger partial charge in [-0.25, -0.2) is 0 Å². The number of benzene rings is 1. The topological polar surface area (TPSA) is 40.5 Å². The van der Waals surface area contributed by atoms with Gasteiger partial charge in [-0.1, -0.05) is 24.1 Å². The molecule has 3 unspecified atom stereocenters. The first-order valence-electron chi connectivity index (χ1n) is 7.81.